The van der Waals surface area contributed by atoms with Crippen LogP contribution < -0.4 is 0 Å². The van der Waals surface area contributed by atoms with Crippen molar-refractivity contribution < 1.29 is 0 Å². The van der Waals surface area contributed by atoms with Crippen molar-refractivity contribution in [2.75, 3.05) is 0 Å². The Labute approximate surface area is 201 Å². The molecule has 0 heterocycles. The molecule has 3 rings (SSSR count). The lowest BCUT2D eigenvalue weighted by atomic mass is 9.61. The molecule has 0 heteroatoms. The fraction of sp³-hybridized carbons (Fsp3) is 0.812. The molecule has 2 fully saturated rings. The fourth-order valence-electron chi connectivity index (χ4n) is 7.21. The van der Waals surface area contributed by atoms with Crippen LogP contribution in [-0.2, 0) is 6.42 Å². The van der Waals surface area contributed by atoms with Gasteiger partial charge in [0.2, 0.25) is 0 Å². The summed E-state index contributed by atoms with van der Waals surface area (Å²) < 4.78 is 0. The van der Waals surface area contributed by atoms with Gasteiger partial charge in [0.05, 0.1) is 0 Å². The molecule has 0 spiro atoms. The summed E-state index contributed by atoms with van der Waals surface area (Å²) in [5.74, 6) is 4.19. The third kappa shape index (κ3) is 9.23. The van der Waals surface area contributed by atoms with Crippen LogP contribution in [0.3, 0.4) is 0 Å². The lowest BCUT2D eigenvalue weighted by Crippen LogP contribution is -2.35. The van der Waals surface area contributed by atoms with Gasteiger partial charge >= 0.3 is 0 Å². The van der Waals surface area contributed by atoms with Gasteiger partial charge in [0.1, 0.15) is 0 Å². The Morgan fingerprint density at radius 3 is 2.00 bits per heavy atom. The molecule has 0 saturated heterocycles. The van der Waals surface area contributed by atoms with Crippen molar-refractivity contribution in [3.8, 4) is 0 Å². The summed E-state index contributed by atoms with van der Waals surface area (Å²) >= 11 is 0. The largest absolute Gasteiger partial charge is 0.0654 e. The summed E-state index contributed by atoms with van der Waals surface area (Å²) in [6.45, 7) is 2.31. The topological polar surface area (TPSA) is 0 Å². The number of benzene rings is 1. The van der Waals surface area contributed by atoms with Crippen molar-refractivity contribution in [2.24, 2.45) is 23.7 Å². The molecule has 1 aromatic rings. The predicted octanol–water partition coefficient (Wildman–Crippen LogP) is 10.5. The number of hydrogen-bond acceptors (Lipinski definition) is 0. The molecule has 1 aromatic carbocycles. The van der Waals surface area contributed by atoms with E-state index < -0.39 is 0 Å². The molecule has 2 aliphatic carbocycles. The summed E-state index contributed by atoms with van der Waals surface area (Å²) in [4.78, 5) is 0. The van der Waals surface area contributed by atoms with E-state index in [9.17, 15) is 0 Å². The van der Waals surface area contributed by atoms with E-state index >= 15 is 0 Å². The average molecular weight is 439 g/mol. The minimum absolute atomic E-state index is 0.986. The summed E-state index contributed by atoms with van der Waals surface area (Å²) in [6, 6.07) is 11.3. The maximum Gasteiger partial charge on any atom is -0.0276 e. The van der Waals surface area contributed by atoms with Crippen LogP contribution in [0.15, 0.2) is 30.3 Å². The molecule has 0 amide bonds. The monoisotopic (exact) mass is 438 g/mol. The number of fused-ring (bicyclic) bond motifs is 1. The summed E-state index contributed by atoms with van der Waals surface area (Å²) in [7, 11) is 0. The first-order valence-corrected chi connectivity index (χ1v) is 14.9. The first-order valence-electron chi connectivity index (χ1n) is 14.9. The number of rotatable bonds is 16. The third-order valence-corrected chi connectivity index (χ3v) is 9.06. The highest BCUT2D eigenvalue weighted by atomic mass is 14.4. The molecule has 0 bridgehead atoms. The lowest BCUT2D eigenvalue weighted by molar-refractivity contribution is 0.0565. The van der Waals surface area contributed by atoms with Crippen LogP contribution in [0.5, 0.6) is 0 Å². The summed E-state index contributed by atoms with van der Waals surface area (Å²) in [6.07, 6.45) is 31.1. The molecule has 4 unspecified atom stereocenters. The maximum atomic E-state index is 2.35. The molecule has 4 atom stereocenters. The van der Waals surface area contributed by atoms with E-state index in [1.807, 2.05) is 0 Å². The molecule has 2 aliphatic rings. The van der Waals surface area contributed by atoms with Gasteiger partial charge in [-0.25, -0.2) is 0 Å². The Kier molecular flexibility index (Phi) is 12.9. The second kappa shape index (κ2) is 16.0. The SMILES string of the molecule is CCCCCCCCCCCCCC(CCc1ccccc1)C1CCCC2CCCCC21. The van der Waals surface area contributed by atoms with Crippen molar-refractivity contribution in [2.45, 2.75) is 142 Å². The molecular weight excluding hydrogens is 384 g/mol. The first-order chi connectivity index (χ1) is 15.9. The summed E-state index contributed by atoms with van der Waals surface area (Å²) in [5, 5.41) is 0. The van der Waals surface area contributed by atoms with E-state index in [1.165, 1.54) is 109 Å². The zero-order valence-electron chi connectivity index (χ0n) is 21.5. The number of aryl methyl sites for hydroxylation is 1. The maximum absolute atomic E-state index is 2.35. The quantitative estimate of drug-likeness (QED) is 0.225. The van der Waals surface area contributed by atoms with Gasteiger partial charge in [0.15, 0.2) is 0 Å². The van der Waals surface area contributed by atoms with Gasteiger partial charge in [-0.3, -0.25) is 0 Å². The molecular formula is C32H54. The van der Waals surface area contributed by atoms with Gasteiger partial charge in [-0.1, -0.05) is 146 Å². The van der Waals surface area contributed by atoms with Gasteiger partial charge < -0.3 is 0 Å². The Morgan fingerprint density at radius 2 is 1.28 bits per heavy atom. The van der Waals surface area contributed by atoms with E-state index in [-0.39, 0.29) is 0 Å². The molecule has 0 aromatic heterocycles. The van der Waals surface area contributed by atoms with Crippen LogP contribution in [-0.4, -0.2) is 0 Å². The van der Waals surface area contributed by atoms with Crippen LogP contribution in [0, 0.1) is 23.7 Å². The minimum atomic E-state index is 0.986. The van der Waals surface area contributed by atoms with E-state index in [4.69, 9.17) is 0 Å². The second-order valence-electron chi connectivity index (χ2n) is 11.4. The number of hydrogen-bond donors (Lipinski definition) is 0. The van der Waals surface area contributed by atoms with E-state index in [2.05, 4.69) is 37.3 Å². The Balaban J connectivity index is 1.39. The van der Waals surface area contributed by atoms with Crippen LogP contribution >= 0.6 is 0 Å². The van der Waals surface area contributed by atoms with Crippen molar-refractivity contribution in [1.29, 1.82) is 0 Å². The van der Waals surface area contributed by atoms with Gasteiger partial charge in [0.25, 0.3) is 0 Å². The highest BCUT2D eigenvalue weighted by Crippen LogP contribution is 2.48. The van der Waals surface area contributed by atoms with E-state index in [0.29, 0.717) is 0 Å². The molecule has 182 valence electrons. The Hall–Kier alpha value is -0.780. The Bertz CT molecular complexity index is 559. The highest BCUT2D eigenvalue weighted by molar-refractivity contribution is 5.14. The molecule has 0 radical (unpaired) electrons. The predicted molar refractivity (Wildman–Crippen MR) is 142 cm³/mol. The van der Waals surface area contributed by atoms with Crippen LogP contribution in [0.25, 0.3) is 0 Å². The van der Waals surface area contributed by atoms with E-state index in [0.717, 1.165) is 23.7 Å². The van der Waals surface area contributed by atoms with Crippen molar-refractivity contribution in [3.05, 3.63) is 35.9 Å². The van der Waals surface area contributed by atoms with Gasteiger partial charge in [-0.15, -0.1) is 0 Å². The second-order valence-corrected chi connectivity index (χ2v) is 11.4. The molecule has 2 saturated carbocycles. The molecule has 32 heavy (non-hydrogen) atoms. The average Bonchev–Trinajstić information content (AvgIpc) is 2.85. The van der Waals surface area contributed by atoms with Crippen LogP contribution in [0.4, 0.5) is 0 Å². The zero-order chi connectivity index (χ0) is 22.3. The smallest absolute Gasteiger partial charge is 0.0276 e. The van der Waals surface area contributed by atoms with Crippen molar-refractivity contribution in [1.82, 2.24) is 0 Å². The van der Waals surface area contributed by atoms with E-state index in [1.54, 1.807) is 31.2 Å². The van der Waals surface area contributed by atoms with Crippen LogP contribution in [0.1, 0.15) is 141 Å². The minimum Gasteiger partial charge on any atom is -0.0654 e. The van der Waals surface area contributed by atoms with Gasteiger partial charge in [-0.05, 0) is 54.9 Å². The highest BCUT2D eigenvalue weighted by Gasteiger charge is 2.38. The van der Waals surface area contributed by atoms with Crippen LogP contribution in [0.2, 0.25) is 0 Å². The standard InChI is InChI=1S/C32H54/c1-2-3-4-5-6-7-8-9-10-11-15-21-30(27-26-28-19-13-12-14-20-28)32-25-18-23-29-22-16-17-24-31(29)32/h12-14,19-20,29-32H,2-11,15-18,21-27H2,1H3. The van der Waals surface area contributed by atoms with Gasteiger partial charge in [0, 0.05) is 0 Å². The normalized spacial score (nSPS) is 24.2. The molecule has 0 N–H and O–H groups in total. The fourth-order valence-corrected chi connectivity index (χ4v) is 7.21. The lowest BCUT2D eigenvalue weighted by Gasteiger charge is -2.45. The summed E-state index contributed by atoms with van der Waals surface area (Å²) in [5.41, 5.74) is 1.56. The third-order valence-electron chi connectivity index (χ3n) is 9.06. The van der Waals surface area contributed by atoms with Crippen molar-refractivity contribution in [3.63, 3.8) is 0 Å². The Morgan fingerprint density at radius 1 is 0.656 bits per heavy atom. The first kappa shape index (κ1) is 25.8. The van der Waals surface area contributed by atoms with Crippen molar-refractivity contribution >= 4 is 0 Å². The number of unbranched alkanes of at least 4 members (excludes halogenated alkanes) is 10. The van der Waals surface area contributed by atoms with Gasteiger partial charge in [-0.2, -0.15) is 0 Å². The molecule has 0 nitrogen and oxygen atoms in total. The molecule has 0 aliphatic heterocycles. The zero-order valence-corrected chi connectivity index (χ0v) is 21.5.